The van der Waals surface area contributed by atoms with Crippen molar-refractivity contribution < 1.29 is 9.53 Å². The van der Waals surface area contributed by atoms with Gasteiger partial charge in [-0.25, -0.2) is 9.97 Å². The smallest absolute Gasteiger partial charge is 0.250 e. The number of anilines is 2. The molecule has 3 aromatic carbocycles. The van der Waals surface area contributed by atoms with Gasteiger partial charge >= 0.3 is 0 Å². The van der Waals surface area contributed by atoms with Gasteiger partial charge in [-0.1, -0.05) is 60.7 Å². The number of ether oxygens (including phenoxy) is 1. The van der Waals surface area contributed by atoms with Crippen molar-refractivity contribution in [2.24, 2.45) is 0 Å². The highest BCUT2D eigenvalue weighted by Crippen LogP contribution is 2.22. The molecular weight excluding hydrogens is 452 g/mol. The molecule has 180 valence electrons. The highest BCUT2D eigenvalue weighted by Gasteiger charge is 2.11. The van der Waals surface area contributed by atoms with E-state index in [1.165, 1.54) is 0 Å². The van der Waals surface area contributed by atoms with Gasteiger partial charge in [0.1, 0.15) is 18.8 Å². The zero-order chi connectivity index (χ0) is 24.7. The molecular formula is C28H26N6O2. The summed E-state index contributed by atoms with van der Waals surface area (Å²) in [5.74, 6) is 1.01. The van der Waals surface area contributed by atoms with Crippen LogP contribution in [-0.4, -0.2) is 32.0 Å². The van der Waals surface area contributed by atoms with Gasteiger partial charge in [-0.3, -0.25) is 9.36 Å². The lowest BCUT2D eigenvalue weighted by atomic mass is 10.1. The first kappa shape index (κ1) is 23.2. The average molecular weight is 479 g/mol. The molecule has 36 heavy (non-hydrogen) atoms. The van der Waals surface area contributed by atoms with Crippen LogP contribution in [0.4, 0.5) is 11.6 Å². The number of amides is 1. The highest BCUT2D eigenvalue weighted by atomic mass is 16.5. The molecule has 2 aromatic heterocycles. The summed E-state index contributed by atoms with van der Waals surface area (Å²) in [6.07, 6.45) is 3.43. The normalized spacial score (nSPS) is 11.8. The second-order valence-corrected chi connectivity index (χ2v) is 8.36. The van der Waals surface area contributed by atoms with E-state index in [1.807, 2.05) is 77.4 Å². The molecule has 0 fully saturated rings. The number of hydrogen-bond acceptors (Lipinski definition) is 6. The summed E-state index contributed by atoms with van der Waals surface area (Å²) in [4.78, 5) is 25.9. The molecule has 8 nitrogen and oxygen atoms in total. The molecule has 2 N–H and O–H groups in total. The second-order valence-electron chi connectivity index (χ2n) is 8.36. The molecule has 1 atom stereocenters. The fourth-order valence-electron chi connectivity index (χ4n) is 3.88. The molecule has 0 saturated carbocycles. The minimum absolute atomic E-state index is 0.0283. The third-order valence-electron chi connectivity index (χ3n) is 5.71. The molecule has 2 heterocycles. The van der Waals surface area contributed by atoms with Crippen molar-refractivity contribution in [2.45, 2.75) is 19.6 Å². The maximum atomic E-state index is 12.3. The van der Waals surface area contributed by atoms with Crippen LogP contribution in [0.1, 0.15) is 24.1 Å². The number of carbonyl (C=O) groups is 1. The van der Waals surface area contributed by atoms with Gasteiger partial charge in [0.2, 0.25) is 11.9 Å². The van der Waals surface area contributed by atoms with Crippen LogP contribution < -0.4 is 10.6 Å². The Morgan fingerprint density at radius 3 is 2.56 bits per heavy atom. The predicted molar refractivity (Wildman–Crippen MR) is 140 cm³/mol. The van der Waals surface area contributed by atoms with Gasteiger partial charge in [0.15, 0.2) is 0 Å². The fraction of sp³-hybridized carbons (Fsp3) is 0.143. The number of hydrogen-bond donors (Lipinski definition) is 2. The molecule has 0 spiro atoms. The lowest BCUT2D eigenvalue weighted by Crippen LogP contribution is -2.18. The number of nitrogens with zero attached hydrogens (tertiary/aromatic N) is 4. The first-order valence-electron chi connectivity index (χ1n) is 11.7. The van der Waals surface area contributed by atoms with E-state index in [9.17, 15) is 4.79 Å². The lowest BCUT2D eigenvalue weighted by Gasteiger charge is -2.14. The fourth-order valence-corrected chi connectivity index (χ4v) is 3.88. The van der Waals surface area contributed by atoms with Crippen molar-refractivity contribution in [1.82, 2.24) is 19.5 Å². The minimum Gasteiger partial charge on any atom is -0.367 e. The number of nitrogens with one attached hydrogen (secondary N) is 2. The Hall–Kier alpha value is -4.56. The van der Waals surface area contributed by atoms with Crippen LogP contribution in [-0.2, 0) is 16.1 Å². The Kier molecular flexibility index (Phi) is 6.95. The summed E-state index contributed by atoms with van der Waals surface area (Å²) in [5.41, 5.74) is 4.44. The van der Waals surface area contributed by atoms with Gasteiger partial charge < -0.3 is 15.4 Å². The number of aromatic nitrogens is 4. The van der Waals surface area contributed by atoms with Gasteiger partial charge in [-0.2, -0.15) is 4.98 Å². The summed E-state index contributed by atoms with van der Waals surface area (Å²) in [6.45, 7) is 2.43. The first-order valence-corrected chi connectivity index (χ1v) is 11.7. The van der Waals surface area contributed by atoms with Crippen molar-refractivity contribution >= 4 is 28.6 Å². The van der Waals surface area contributed by atoms with Crippen LogP contribution in [0.2, 0.25) is 0 Å². The topological polar surface area (TPSA) is 94.0 Å². The zero-order valence-electron chi connectivity index (χ0n) is 19.8. The molecule has 0 saturated heterocycles. The average Bonchev–Trinajstić information content (AvgIpc) is 3.33. The molecule has 0 aliphatic rings. The maximum absolute atomic E-state index is 12.3. The predicted octanol–water partition coefficient (Wildman–Crippen LogP) is 5.14. The summed E-state index contributed by atoms with van der Waals surface area (Å²) in [7, 11) is 0. The van der Waals surface area contributed by atoms with E-state index < -0.39 is 0 Å². The van der Waals surface area contributed by atoms with E-state index in [-0.39, 0.29) is 18.6 Å². The minimum atomic E-state index is -0.219. The monoisotopic (exact) mass is 478 g/mol. The second kappa shape index (κ2) is 10.8. The van der Waals surface area contributed by atoms with Crippen molar-refractivity contribution in [1.29, 1.82) is 0 Å². The molecule has 0 aliphatic carbocycles. The number of imidazole rings is 1. The molecule has 5 aromatic rings. The quantitative estimate of drug-likeness (QED) is 0.305. The first-order chi connectivity index (χ1) is 17.7. The third-order valence-corrected chi connectivity index (χ3v) is 5.71. The van der Waals surface area contributed by atoms with Gasteiger partial charge in [0.05, 0.1) is 23.7 Å². The van der Waals surface area contributed by atoms with Crippen molar-refractivity contribution in [2.75, 3.05) is 17.2 Å². The van der Waals surface area contributed by atoms with E-state index in [0.29, 0.717) is 24.1 Å². The Bertz CT molecular complexity index is 1450. The zero-order valence-corrected chi connectivity index (χ0v) is 19.8. The van der Waals surface area contributed by atoms with Gasteiger partial charge in [0.25, 0.3) is 0 Å². The third kappa shape index (κ3) is 5.56. The molecule has 1 amide bonds. The van der Waals surface area contributed by atoms with Crippen LogP contribution in [0.15, 0.2) is 97.5 Å². The van der Waals surface area contributed by atoms with E-state index in [4.69, 9.17) is 4.74 Å². The van der Waals surface area contributed by atoms with E-state index in [2.05, 4.69) is 44.6 Å². The largest absolute Gasteiger partial charge is 0.367 e. The molecule has 0 bridgehead atoms. The Morgan fingerprint density at radius 2 is 1.75 bits per heavy atom. The summed E-state index contributed by atoms with van der Waals surface area (Å²) >= 11 is 0. The standard InChI is InChI=1S/C28H26N6O2/c1-20(22-10-6-3-7-11-22)31-28-29-15-14-26(33-28)34-19-30-24-16-23(12-13-25(24)34)32-27(35)18-36-17-21-8-4-2-5-9-21/h2-16,19-20H,17-18H2,1H3,(H,32,35)(H,29,31,33). The number of carbonyl (C=O) groups excluding carboxylic acids is 1. The van der Waals surface area contributed by atoms with Crippen molar-refractivity contribution in [3.63, 3.8) is 0 Å². The summed E-state index contributed by atoms with van der Waals surface area (Å²) < 4.78 is 7.41. The van der Waals surface area contributed by atoms with E-state index in [1.54, 1.807) is 12.5 Å². The Morgan fingerprint density at radius 1 is 0.972 bits per heavy atom. The van der Waals surface area contributed by atoms with Crippen LogP contribution in [0.25, 0.3) is 16.9 Å². The van der Waals surface area contributed by atoms with Crippen molar-refractivity contribution in [3.05, 3.63) is 109 Å². The molecule has 8 heteroatoms. The molecule has 0 aliphatic heterocycles. The van der Waals surface area contributed by atoms with Crippen LogP contribution >= 0.6 is 0 Å². The van der Waals surface area contributed by atoms with E-state index >= 15 is 0 Å². The van der Waals surface area contributed by atoms with Gasteiger partial charge in [0, 0.05) is 11.9 Å². The van der Waals surface area contributed by atoms with Crippen LogP contribution in [0, 0.1) is 0 Å². The Balaban J connectivity index is 1.24. The number of benzene rings is 3. The molecule has 0 radical (unpaired) electrons. The Labute approximate surface area is 209 Å². The lowest BCUT2D eigenvalue weighted by molar-refractivity contribution is -0.121. The highest BCUT2D eigenvalue weighted by molar-refractivity contribution is 5.94. The van der Waals surface area contributed by atoms with Crippen molar-refractivity contribution in [3.8, 4) is 5.82 Å². The SMILES string of the molecule is CC(Nc1nccc(-n2cnc3cc(NC(=O)COCc4ccccc4)ccc32)n1)c1ccccc1. The summed E-state index contributed by atoms with van der Waals surface area (Å²) in [5, 5.41) is 6.22. The van der Waals surface area contributed by atoms with E-state index in [0.717, 1.165) is 22.2 Å². The molecule has 1 unspecified atom stereocenters. The maximum Gasteiger partial charge on any atom is 0.250 e. The molecule has 5 rings (SSSR count). The number of fused-ring (bicyclic) bond motifs is 1. The number of rotatable bonds is 9. The van der Waals surface area contributed by atoms with Crippen LogP contribution in [0.3, 0.4) is 0 Å². The van der Waals surface area contributed by atoms with Gasteiger partial charge in [-0.05, 0) is 42.3 Å². The van der Waals surface area contributed by atoms with Gasteiger partial charge in [-0.15, -0.1) is 0 Å². The summed E-state index contributed by atoms with van der Waals surface area (Å²) in [6, 6.07) is 27.4. The van der Waals surface area contributed by atoms with Crippen LogP contribution in [0.5, 0.6) is 0 Å².